The monoisotopic (exact) mass is 319 g/mol. The third kappa shape index (κ3) is 3.04. The maximum absolute atomic E-state index is 14.6. The van der Waals surface area contributed by atoms with Gasteiger partial charge < -0.3 is 0 Å². The van der Waals surface area contributed by atoms with Crippen molar-refractivity contribution in [3.05, 3.63) is 82.8 Å². The highest BCUT2D eigenvalue weighted by atomic mass is 19.4. The smallest absolute Gasteiger partial charge is 0.265 e. The molecule has 0 N–H and O–H groups in total. The van der Waals surface area contributed by atoms with Crippen LogP contribution in [-0.4, -0.2) is 6.21 Å². The highest BCUT2D eigenvalue weighted by Crippen LogP contribution is 2.39. The second-order valence-corrected chi connectivity index (χ2v) is 5.23. The lowest BCUT2D eigenvalue weighted by Gasteiger charge is -2.20. The highest BCUT2D eigenvalue weighted by Gasteiger charge is 2.36. The summed E-state index contributed by atoms with van der Waals surface area (Å²) in [5.41, 5.74) is 0.000261. The molecular weight excluding hydrogens is 306 g/mol. The van der Waals surface area contributed by atoms with E-state index in [1.807, 2.05) is 0 Å². The maximum Gasteiger partial charge on any atom is 0.419 e. The molecule has 0 saturated carbocycles. The second-order valence-electron chi connectivity index (χ2n) is 5.23. The Bertz CT molecular complexity index is 760. The van der Waals surface area contributed by atoms with Crippen LogP contribution in [-0.2, 0) is 6.18 Å². The molecule has 0 radical (unpaired) electrons. The summed E-state index contributed by atoms with van der Waals surface area (Å²) < 4.78 is 53.5. The number of rotatable bonds is 3. The zero-order valence-corrected chi connectivity index (χ0v) is 12.0. The van der Waals surface area contributed by atoms with Crippen molar-refractivity contribution < 1.29 is 17.6 Å². The minimum atomic E-state index is -4.73. The van der Waals surface area contributed by atoms with Crippen molar-refractivity contribution in [3.8, 4) is 0 Å². The molecule has 3 rings (SSSR count). The fourth-order valence-corrected chi connectivity index (χ4v) is 2.72. The molecule has 1 unspecified atom stereocenters. The Hall–Kier alpha value is -2.43. The van der Waals surface area contributed by atoms with Gasteiger partial charge in [-0.2, -0.15) is 13.2 Å². The van der Waals surface area contributed by atoms with Crippen LogP contribution in [0.1, 0.15) is 29.0 Å². The average Bonchev–Trinajstić information content (AvgIpc) is 3.03. The number of hydrogen-bond donors (Lipinski definition) is 0. The lowest BCUT2D eigenvalue weighted by atomic mass is 9.87. The molecule has 1 aliphatic heterocycles. The second kappa shape index (κ2) is 5.99. The van der Waals surface area contributed by atoms with Crippen LogP contribution in [0.25, 0.3) is 0 Å². The third-order valence-electron chi connectivity index (χ3n) is 3.75. The molecule has 1 nitrogen and oxygen atoms in total. The molecule has 5 heteroatoms. The molecule has 0 spiro atoms. The summed E-state index contributed by atoms with van der Waals surface area (Å²) in [7, 11) is 0. The summed E-state index contributed by atoms with van der Waals surface area (Å²) in [5.74, 6) is -1.89. The maximum atomic E-state index is 14.6. The molecule has 1 atom stereocenters. The van der Waals surface area contributed by atoms with Crippen molar-refractivity contribution in [1.82, 2.24) is 0 Å². The number of allylic oxidation sites excluding steroid dienone is 2. The van der Waals surface area contributed by atoms with Crippen LogP contribution in [0.2, 0.25) is 0 Å². The van der Waals surface area contributed by atoms with Crippen LogP contribution in [0.5, 0.6) is 0 Å². The average molecular weight is 319 g/mol. The fourth-order valence-electron chi connectivity index (χ4n) is 2.72. The van der Waals surface area contributed by atoms with Gasteiger partial charge in [0.25, 0.3) is 0 Å². The Labute approximate surface area is 131 Å². The molecule has 0 aromatic heterocycles. The molecule has 2 aromatic carbocycles. The van der Waals surface area contributed by atoms with Gasteiger partial charge in [0.15, 0.2) is 0 Å². The van der Waals surface area contributed by atoms with Gasteiger partial charge >= 0.3 is 6.18 Å². The van der Waals surface area contributed by atoms with E-state index in [2.05, 4.69) is 4.99 Å². The van der Waals surface area contributed by atoms with E-state index in [1.54, 1.807) is 42.6 Å². The number of alkyl halides is 3. The normalized spacial score (nSPS) is 15.6. The first-order valence-electron chi connectivity index (χ1n) is 7.11. The standard InChI is InChI=1S/C18H13F4N/c19-17-13(8-4-9-14(17)18(20,21)22)16(15-10-5-11-23-15)12-6-2-1-3-7-12/h1-4,6-11,16H,5H2. The van der Waals surface area contributed by atoms with Gasteiger partial charge in [-0.25, -0.2) is 4.39 Å². The molecule has 1 aliphatic rings. The molecular formula is C18H13F4N. The Morgan fingerprint density at radius 1 is 0.957 bits per heavy atom. The summed E-state index contributed by atoms with van der Waals surface area (Å²) in [5, 5.41) is 0. The van der Waals surface area contributed by atoms with Crippen molar-refractivity contribution in [1.29, 1.82) is 0 Å². The first kappa shape index (κ1) is 15.5. The predicted octanol–water partition coefficient (Wildman–Crippen LogP) is 5.33. The van der Waals surface area contributed by atoms with Crippen LogP contribution >= 0.6 is 0 Å². The summed E-state index contributed by atoms with van der Waals surface area (Å²) in [6.45, 7) is 0. The van der Waals surface area contributed by atoms with E-state index in [9.17, 15) is 17.6 Å². The lowest BCUT2D eigenvalue weighted by Crippen LogP contribution is -2.13. The minimum absolute atomic E-state index is 0.0173. The van der Waals surface area contributed by atoms with E-state index in [0.717, 1.165) is 6.07 Å². The van der Waals surface area contributed by atoms with Gasteiger partial charge in [-0.3, -0.25) is 4.99 Å². The van der Waals surface area contributed by atoms with Gasteiger partial charge in [0.05, 0.1) is 11.5 Å². The van der Waals surface area contributed by atoms with E-state index in [0.29, 0.717) is 17.7 Å². The molecule has 0 saturated heterocycles. The summed E-state index contributed by atoms with van der Waals surface area (Å²) in [6, 6.07) is 12.2. The molecule has 2 aromatic rings. The summed E-state index contributed by atoms with van der Waals surface area (Å²) in [4.78, 5) is 4.21. The zero-order chi connectivity index (χ0) is 16.4. The van der Waals surface area contributed by atoms with Crippen LogP contribution in [0.3, 0.4) is 0 Å². The molecule has 0 amide bonds. The SMILES string of the molecule is Fc1c(C(C2=CCC=N2)c2ccccc2)cccc1C(F)(F)F. The van der Waals surface area contributed by atoms with Crippen molar-refractivity contribution in [3.63, 3.8) is 0 Å². The third-order valence-corrected chi connectivity index (χ3v) is 3.75. The molecule has 1 heterocycles. The van der Waals surface area contributed by atoms with Crippen LogP contribution in [0, 0.1) is 5.82 Å². The van der Waals surface area contributed by atoms with Gasteiger partial charge in [0.1, 0.15) is 5.82 Å². The van der Waals surface area contributed by atoms with Crippen molar-refractivity contribution >= 4 is 6.21 Å². The number of benzene rings is 2. The number of nitrogens with zero attached hydrogens (tertiary/aromatic N) is 1. The van der Waals surface area contributed by atoms with E-state index in [4.69, 9.17) is 0 Å². The van der Waals surface area contributed by atoms with Crippen LogP contribution in [0.15, 0.2) is 65.3 Å². The molecule has 0 fully saturated rings. The number of aliphatic imine (C=N–C) groups is 1. The Morgan fingerprint density at radius 2 is 1.70 bits per heavy atom. The summed E-state index contributed by atoms with van der Waals surface area (Å²) in [6.07, 6.45) is -0.665. The van der Waals surface area contributed by atoms with Gasteiger partial charge in [-0.15, -0.1) is 0 Å². The zero-order valence-electron chi connectivity index (χ0n) is 12.0. The number of halogens is 4. The van der Waals surface area contributed by atoms with Gasteiger partial charge in [0.2, 0.25) is 0 Å². The minimum Gasteiger partial charge on any atom is -0.265 e. The van der Waals surface area contributed by atoms with Crippen LogP contribution < -0.4 is 0 Å². The summed E-state index contributed by atoms with van der Waals surface area (Å²) >= 11 is 0. The Balaban J connectivity index is 2.17. The molecule has 0 bridgehead atoms. The molecule has 23 heavy (non-hydrogen) atoms. The Kier molecular flexibility index (Phi) is 4.03. The van der Waals surface area contributed by atoms with Crippen molar-refractivity contribution in [2.45, 2.75) is 18.5 Å². The largest absolute Gasteiger partial charge is 0.419 e. The van der Waals surface area contributed by atoms with E-state index in [-0.39, 0.29) is 5.56 Å². The number of hydrogen-bond acceptors (Lipinski definition) is 1. The highest BCUT2D eigenvalue weighted by molar-refractivity contribution is 5.66. The molecule has 0 aliphatic carbocycles. The first-order valence-corrected chi connectivity index (χ1v) is 7.11. The first-order chi connectivity index (χ1) is 11.0. The predicted molar refractivity (Wildman–Crippen MR) is 80.9 cm³/mol. The van der Waals surface area contributed by atoms with Crippen LogP contribution in [0.4, 0.5) is 17.6 Å². The van der Waals surface area contributed by atoms with Crippen molar-refractivity contribution in [2.24, 2.45) is 4.99 Å². The van der Waals surface area contributed by atoms with Gasteiger partial charge in [-0.05, 0) is 11.6 Å². The van der Waals surface area contributed by atoms with Gasteiger partial charge in [0, 0.05) is 23.9 Å². The fraction of sp³-hybridized carbons (Fsp3) is 0.167. The topological polar surface area (TPSA) is 12.4 Å². The Morgan fingerprint density at radius 3 is 2.30 bits per heavy atom. The van der Waals surface area contributed by atoms with E-state index < -0.39 is 23.5 Å². The quantitative estimate of drug-likeness (QED) is 0.678. The van der Waals surface area contributed by atoms with E-state index >= 15 is 0 Å². The molecule has 118 valence electrons. The van der Waals surface area contributed by atoms with Crippen molar-refractivity contribution in [2.75, 3.05) is 0 Å². The van der Waals surface area contributed by atoms with Gasteiger partial charge in [-0.1, -0.05) is 48.5 Å². The lowest BCUT2D eigenvalue weighted by molar-refractivity contribution is -0.140. The van der Waals surface area contributed by atoms with E-state index in [1.165, 1.54) is 12.1 Å².